The Bertz CT molecular complexity index is 1460. The molecule has 1 unspecified atom stereocenters. The van der Waals surface area contributed by atoms with Crippen LogP contribution in [0.3, 0.4) is 0 Å². The minimum absolute atomic E-state index is 0.191. The molecule has 7 nitrogen and oxygen atoms in total. The smallest absolute Gasteiger partial charge is 0.255 e. The van der Waals surface area contributed by atoms with Crippen LogP contribution in [0.15, 0.2) is 66.9 Å². The number of amides is 2. The Labute approximate surface area is 203 Å². The third-order valence-corrected chi connectivity index (χ3v) is 6.60. The molecule has 1 N–H and O–H groups in total. The van der Waals surface area contributed by atoms with Crippen LogP contribution in [0.1, 0.15) is 28.8 Å². The standard InChI is InChI=1S/C28H26N4O3/c1-29-27(34)25(8-5-13-33)32-16-22-15-20(11-12-23(22)28(32)35)24-17-31(2)26(30-24)21-10-9-18-6-3-4-7-19(18)14-21/h3-4,6-7,9-15,17,25H,5,8,16H2,1-2H3,(H,29,34). The first-order chi connectivity index (χ1) is 17.0. The number of hydrogen-bond donors (Lipinski definition) is 1. The summed E-state index contributed by atoms with van der Waals surface area (Å²) in [4.78, 5) is 42.8. The maximum atomic E-state index is 13.1. The lowest BCUT2D eigenvalue weighted by molar-refractivity contribution is -0.125. The van der Waals surface area contributed by atoms with Crippen LogP contribution < -0.4 is 5.32 Å². The lowest BCUT2D eigenvalue weighted by Gasteiger charge is -2.25. The lowest BCUT2D eigenvalue weighted by Crippen LogP contribution is -2.46. The van der Waals surface area contributed by atoms with E-state index in [0.717, 1.165) is 39.9 Å². The Morgan fingerprint density at radius 3 is 2.63 bits per heavy atom. The first kappa shape index (κ1) is 22.5. The normalized spacial score (nSPS) is 13.7. The van der Waals surface area contributed by atoms with E-state index >= 15 is 0 Å². The minimum Gasteiger partial charge on any atom is -0.357 e. The van der Waals surface area contributed by atoms with E-state index in [2.05, 4.69) is 35.6 Å². The lowest BCUT2D eigenvalue weighted by atomic mass is 10.0. The molecule has 3 aromatic carbocycles. The highest BCUT2D eigenvalue weighted by Crippen LogP contribution is 2.32. The number of nitrogens with one attached hydrogen (secondary N) is 1. The summed E-state index contributed by atoms with van der Waals surface area (Å²) in [7, 11) is 3.51. The molecule has 1 aliphatic heterocycles. The van der Waals surface area contributed by atoms with Gasteiger partial charge in [0.2, 0.25) is 5.91 Å². The second-order valence-corrected chi connectivity index (χ2v) is 8.80. The van der Waals surface area contributed by atoms with Crippen molar-refractivity contribution in [1.29, 1.82) is 0 Å². The summed E-state index contributed by atoms with van der Waals surface area (Å²) in [5, 5.41) is 4.95. The second-order valence-electron chi connectivity index (χ2n) is 8.80. The van der Waals surface area contributed by atoms with Crippen LogP contribution in [0.2, 0.25) is 0 Å². The van der Waals surface area contributed by atoms with E-state index in [1.165, 1.54) is 12.4 Å². The summed E-state index contributed by atoms with van der Waals surface area (Å²) in [6, 6.07) is 19.5. The minimum atomic E-state index is -0.678. The van der Waals surface area contributed by atoms with Gasteiger partial charge in [-0.3, -0.25) is 9.59 Å². The number of nitrogens with zero attached hydrogens (tertiary/aromatic N) is 3. The van der Waals surface area contributed by atoms with E-state index in [-0.39, 0.29) is 18.2 Å². The van der Waals surface area contributed by atoms with E-state index in [9.17, 15) is 14.4 Å². The van der Waals surface area contributed by atoms with Crippen molar-refractivity contribution in [2.24, 2.45) is 7.05 Å². The molecular formula is C28H26N4O3. The quantitative estimate of drug-likeness (QED) is 0.418. The van der Waals surface area contributed by atoms with Crippen molar-refractivity contribution >= 4 is 28.9 Å². The molecule has 4 aromatic rings. The molecule has 0 fully saturated rings. The highest BCUT2D eigenvalue weighted by molar-refractivity contribution is 6.01. The molecule has 35 heavy (non-hydrogen) atoms. The molecular weight excluding hydrogens is 440 g/mol. The van der Waals surface area contributed by atoms with Crippen LogP contribution in [0.5, 0.6) is 0 Å². The third kappa shape index (κ3) is 4.10. The maximum Gasteiger partial charge on any atom is 0.255 e. The van der Waals surface area contributed by atoms with Crippen molar-refractivity contribution in [3.05, 3.63) is 78.0 Å². The zero-order valence-corrected chi connectivity index (χ0v) is 19.7. The summed E-state index contributed by atoms with van der Waals surface area (Å²) in [6.07, 6.45) is 3.27. The highest BCUT2D eigenvalue weighted by Gasteiger charge is 2.36. The number of hydrogen-bond acceptors (Lipinski definition) is 4. The average Bonchev–Trinajstić information content (AvgIpc) is 3.43. The molecule has 1 atom stereocenters. The molecule has 0 radical (unpaired) electrons. The fourth-order valence-electron chi connectivity index (χ4n) is 4.78. The zero-order valence-electron chi connectivity index (χ0n) is 19.7. The summed E-state index contributed by atoms with van der Waals surface area (Å²) >= 11 is 0. The highest BCUT2D eigenvalue weighted by atomic mass is 16.2. The first-order valence-electron chi connectivity index (χ1n) is 11.6. The van der Waals surface area contributed by atoms with Gasteiger partial charge in [0.25, 0.3) is 5.91 Å². The van der Waals surface area contributed by atoms with Crippen LogP contribution in [0.25, 0.3) is 33.4 Å². The fourth-order valence-corrected chi connectivity index (χ4v) is 4.78. The Morgan fingerprint density at radius 2 is 1.86 bits per heavy atom. The van der Waals surface area contributed by atoms with E-state index < -0.39 is 6.04 Å². The molecule has 7 heteroatoms. The van der Waals surface area contributed by atoms with Gasteiger partial charge in [0.15, 0.2) is 0 Å². The topological polar surface area (TPSA) is 84.3 Å². The largest absolute Gasteiger partial charge is 0.357 e. The van der Waals surface area contributed by atoms with Gasteiger partial charge in [0.05, 0.1) is 5.69 Å². The number of aryl methyl sites for hydroxylation is 1. The van der Waals surface area contributed by atoms with Gasteiger partial charge in [-0.2, -0.15) is 0 Å². The van der Waals surface area contributed by atoms with E-state index in [4.69, 9.17) is 4.98 Å². The van der Waals surface area contributed by atoms with Gasteiger partial charge in [-0.1, -0.05) is 42.5 Å². The number of likely N-dealkylation sites (N-methyl/N-ethyl adjacent to an activating group) is 1. The number of aromatic nitrogens is 2. The SMILES string of the molecule is CNC(=O)C(CCC=O)N1Cc2cc(-c3cn(C)c(-c4ccc5ccccc5c4)n3)ccc2C1=O. The monoisotopic (exact) mass is 466 g/mol. The van der Waals surface area contributed by atoms with Crippen molar-refractivity contribution in [3.8, 4) is 22.6 Å². The van der Waals surface area contributed by atoms with Crippen molar-refractivity contribution in [1.82, 2.24) is 19.8 Å². The van der Waals surface area contributed by atoms with Crippen LogP contribution in [0.4, 0.5) is 0 Å². The Morgan fingerprint density at radius 1 is 1.09 bits per heavy atom. The molecule has 0 saturated heterocycles. The van der Waals surface area contributed by atoms with E-state index in [0.29, 0.717) is 18.5 Å². The summed E-state index contributed by atoms with van der Waals surface area (Å²) in [5.41, 5.74) is 4.19. The van der Waals surface area contributed by atoms with Crippen LogP contribution in [-0.4, -0.2) is 45.6 Å². The molecule has 1 aromatic heterocycles. The number of carbonyl (C=O) groups excluding carboxylic acids is 3. The molecule has 0 saturated carbocycles. The molecule has 0 aliphatic carbocycles. The average molecular weight is 467 g/mol. The Hall–Kier alpha value is -4.26. The Balaban J connectivity index is 1.45. The number of rotatable bonds is 7. The summed E-state index contributed by atoms with van der Waals surface area (Å²) in [5.74, 6) is 0.402. The number of carbonyl (C=O) groups is 3. The molecule has 0 bridgehead atoms. The molecule has 2 amide bonds. The molecule has 1 aliphatic rings. The summed E-state index contributed by atoms with van der Waals surface area (Å²) in [6.45, 7) is 0.323. The second kappa shape index (κ2) is 9.18. The third-order valence-electron chi connectivity index (χ3n) is 6.60. The van der Waals surface area contributed by atoms with Gasteiger partial charge >= 0.3 is 0 Å². The van der Waals surface area contributed by atoms with Crippen molar-refractivity contribution < 1.29 is 14.4 Å². The predicted molar refractivity (Wildman–Crippen MR) is 135 cm³/mol. The van der Waals surface area contributed by atoms with Crippen molar-refractivity contribution in [2.75, 3.05) is 7.05 Å². The summed E-state index contributed by atoms with van der Waals surface area (Å²) < 4.78 is 2.01. The fraction of sp³-hybridized carbons (Fsp3) is 0.214. The van der Waals surface area contributed by atoms with Crippen molar-refractivity contribution in [3.63, 3.8) is 0 Å². The Kier molecular flexibility index (Phi) is 5.91. The number of fused-ring (bicyclic) bond motifs is 2. The van der Waals surface area contributed by atoms with E-state index in [1.807, 2.05) is 42.1 Å². The van der Waals surface area contributed by atoms with Gasteiger partial charge < -0.3 is 19.6 Å². The molecule has 2 heterocycles. The van der Waals surface area contributed by atoms with E-state index in [1.54, 1.807) is 11.0 Å². The molecule has 0 spiro atoms. The number of aldehydes is 1. The number of imidazole rings is 1. The number of benzene rings is 3. The predicted octanol–water partition coefficient (Wildman–Crippen LogP) is 3.96. The maximum absolute atomic E-state index is 13.1. The molecule has 5 rings (SSSR count). The van der Waals surface area contributed by atoms with Gasteiger partial charge in [0, 0.05) is 49.9 Å². The molecule has 176 valence electrons. The van der Waals surface area contributed by atoms with Crippen LogP contribution in [-0.2, 0) is 23.2 Å². The van der Waals surface area contributed by atoms with Gasteiger partial charge in [-0.05, 0) is 41.0 Å². The van der Waals surface area contributed by atoms with Gasteiger partial charge in [0.1, 0.15) is 18.2 Å². The van der Waals surface area contributed by atoms with Crippen LogP contribution >= 0.6 is 0 Å². The zero-order chi connectivity index (χ0) is 24.5. The van der Waals surface area contributed by atoms with Gasteiger partial charge in [-0.25, -0.2) is 4.98 Å². The van der Waals surface area contributed by atoms with Crippen molar-refractivity contribution in [2.45, 2.75) is 25.4 Å². The first-order valence-corrected chi connectivity index (χ1v) is 11.6. The van der Waals surface area contributed by atoms with Gasteiger partial charge in [-0.15, -0.1) is 0 Å². The van der Waals surface area contributed by atoms with Crippen LogP contribution in [0, 0.1) is 0 Å².